The van der Waals surface area contributed by atoms with E-state index in [-0.39, 0.29) is 0 Å². The third kappa shape index (κ3) is 2.69. The van der Waals surface area contributed by atoms with Gasteiger partial charge in [-0.1, -0.05) is 44.2 Å². The van der Waals surface area contributed by atoms with Crippen molar-refractivity contribution < 1.29 is 0 Å². The van der Waals surface area contributed by atoms with Crippen molar-refractivity contribution in [3.8, 4) is 0 Å². The summed E-state index contributed by atoms with van der Waals surface area (Å²) in [4.78, 5) is 0. The molecular formula is C12H17. The first-order valence-corrected chi connectivity index (χ1v) is 4.57. The summed E-state index contributed by atoms with van der Waals surface area (Å²) < 4.78 is 0. The Morgan fingerprint density at radius 3 is 2.25 bits per heavy atom. The summed E-state index contributed by atoms with van der Waals surface area (Å²) in [6.45, 7) is 8.58. The van der Waals surface area contributed by atoms with Gasteiger partial charge >= 0.3 is 0 Å². The Morgan fingerprint density at radius 1 is 1.17 bits per heavy atom. The van der Waals surface area contributed by atoms with Crippen LogP contribution in [0.1, 0.15) is 19.4 Å². The fourth-order valence-electron chi connectivity index (χ4n) is 1.15. The fraction of sp³-hybridized carbons (Fsp3) is 0.417. The largest absolute Gasteiger partial charge is 0.0625 e. The van der Waals surface area contributed by atoms with Gasteiger partial charge < -0.3 is 0 Å². The van der Waals surface area contributed by atoms with E-state index in [1.54, 1.807) is 0 Å². The maximum Gasteiger partial charge on any atom is -0.0248 e. The van der Waals surface area contributed by atoms with Crippen LogP contribution >= 0.6 is 0 Å². The van der Waals surface area contributed by atoms with Crippen LogP contribution in [0.2, 0.25) is 0 Å². The van der Waals surface area contributed by atoms with Crippen molar-refractivity contribution in [3.63, 3.8) is 0 Å². The highest BCUT2D eigenvalue weighted by Crippen LogP contribution is 2.15. The number of hydrogen-bond acceptors (Lipinski definition) is 0. The van der Waals surface area contributed by atoms with Crippen LogP contribution in [0.15, 0.2) is 30.3 Å². The van der Waals surface area contributed by atoms with E-state index in [9.17, 15) is 0 Å². The van der Waals surface area contributed by atoms with E-state index in [2.05, 4.69) is 51.1 Å². The van der Waals surface area contributed by atoms with Crippen molar-refractivity contribution in [2.24, 2.45) is 11.8 Å². The van der Waals surface area contributed by atoms with Gasteiger partial charge in [0, 0.05) is 0 Å². The van der Waals surface area contributed by atoms with E-state index in [1.807, 2.05) is 0 Å². The van der Waals surface area contributed by atoms with Crippen LogP contribution in [-0.4, -0.2) is 0 Å². The zero-order chi connectivity index (χ0) is 8.97. The average molecular weight is 161 g/mol. The quantitative estimate of drug-likeness (QED) is 0.638. The molecule has 1 atom stereocenters. The van der Waals surface area contributed by atoms with E-state index in [0.29, 0.717) is 11.8 Å². The maximum absolute atomic E-state index is 4.13. The topological polar surface area (TPSA) is 0 Å². The molecular weight excluding hydrogens is 144 g/mol. The summed E-state index contributed by atoms with van der Waals surface area (Å²) in [6.07, 6.45) is 1.10. The van der Waals surface area contributed by atoms with Gasteiger partial charge in [0.1, 0.15) is 0 Å². The van der Waals surface area contributed by atoms with Crippen molar-refractivity contribution >= 4 is 0 Å². The molecule has 0 aromatic heterocycles. The molecule has 0 nitrogen and oxygen atoms in total. The molecule has 0 heteroatoms. The molecule has 0 saturated heterocycles. The van der Waals surface area contributed by atoms with Gasteiger partial charge in [0.2, 0.25) is 0 Å². The van der Waals surface area contributed by atoms with E-state index in [4.69, 9.17) is 0 Å². The SMILES string of the molecule is [CH2]C(Cc1ccccc1)C(C)C. The summed E-state index contributed by atoms with van der Waals surface area (Å²) in [5.41, 5.74) is 1.39. The highest BCUT2D eigenvalue weighted by molar-refractivity contribution is 5.15. The summed E-state index contributed by atoms with van der Waals surface area (Å²) in [6, 6.07) is 10.6. The van der Waals surface area contributed by atoms with Crippen LogP contribution in [0.3, 0.4) is 0 Å². The van der Waals surface area contributed by atoms with Crippen molar-refractivity contribution in [3.05, 3.63) is 42.8 Å². The second-order valence-electron chi connectivity index (χ2n) is 3.69. The molecule has 0 spiro atoms. The highest BCUT2D eigenvalue weighted by Gasteiger charge is 2.06. The van der Waals surface area contributed by atoms with E-state index < -0.39 is 0 Å². The summed E-state index contributed by atoms with van der Waals surface area (Å²) in [5.74, 6) is 1.21. The molecule has 0 aliphatic rings. The standard InChI is InChI=1S/C12H17/c1-10(2)11(3)9-12-7-5-4-6-8-12/h4-8,10-11H,3,9H2,1-2H3. The Morgan fingerprint density at radius 2 is 1.75 bits per heavy atom. The summed E-state index contributed by atoms with van der Waals surface area (Å²) in [5, 5.41) is 0. The molecule has 1 radical (unpaired) electrons. The molecule has 1 rings (SSSR count). The van der Waals surface area contributed by atoms with Gasteiger partial charge in [0.15, 0.2) is 0 Å². The molecule has 1 unspecified atom stereocenters. The molecule has 0 aliphatic carbocycles. The van der Waals surface area contributed by atoms with Gasteiger partial charge in [-0.2, -0.15) is 0 Å². The first kappa shape index (κ1) is 9.31. The molecule has 0 saturated carbocycles. The van der Waals surface area contributed by atoms with Gasteiger partial charge in [0.25, 0.3) is 0 Å². The summed E-state index contributed by atoms with van der Waals surface area (Å²) >= 11 is 0. The Hall–Kier alpha value is -0.780. The molecule has 0 N–H and O–H groups in total. The maximum atomic E-state index is 4.13. The number of benzene rings is 1. The van der Waals surface area contributed by atoms with Crippen LogP contribution in [0.4, 0.5) is 0 Å². The van der Waals surface area contributed by atoms with E-state index >= 15 is 0 Å². The lowest BCUT2D eigenvalue weighted by Crippen LogP contribution is -2.07. The minimum atomic E-state index is 0.535. The van der Waals surface area contributed by atoms with Gasteiger partial charge in [-0.3, -0.25) is 0 Å². The lowest BCUT2D eigenvalue weighted by atomic mass is 9.91. The van der Waals surface area contributed by atoms with E-state index in [0.717, 1.165) is 6.42 Å². The zero-order valence-corrected chi connectivity index (χ0v) is 7.96. The third-order valence-electron chi connectivity index (χ3n) is 2.28. The molecule has 1 aromatic rings. The van der Waals surface area contributed by atoms with Gasteiger partial charge in [-0.05, 0) is 30.7 Å². The minimum Gasteiger partial charge on any atom is -0.0625 e. The van der Waals surface area contributed by atoms with Crippen molar-refractivity contribution in [1.82, 2.24) is 0 Å². The molecule has 12 heavy (non-hydrogen) atoms. The third-order valence-corrected chi connectivity index (χ3v) is 2.28. The van der Waals surface area contributed by atoms with Gasteiger partial charge in [-0.25, -0.2) is 0 Å². The van der Waals surface area contributed by atoms with Crippen LogP contribution in [-0.2, 0) is 6.42 Å². The lowest BCUT2D eigenvalue weighted by Gasteiger charge is -2.14. The first-order valence-electron chi connectivity index (χ1n) is 4.57. The second kappa shape index (κ2) is 4.30. The molecule has 0 aliphatic heterocycles. The Kier molecular flexibility index (Phi) is 3.33. The highest BCUT2D eigenvalue weighted by atomic mass is 14.1. The summed E-state index contributed by atoms with van der Waals surface area (Å²) in [7, 11) is 0. The molecule has 0 fully saturated rings. The number of hydrogen-bond donors (Lipinski definition) is 0. The number of rotatable bonds is 3. The Bertz CT molecular complexity index is 211. The molecule has 0 heterocycles. The first-order chi connectivity index (χ1) is 5.70. The van der Waals surface area contributed by atoms with E-state index in [1.165, 1.54) is 5.56 Å². The Labute approximate surface area is 75.6 Å². The van der Waals surface area contributed by atoms with Crippen molar-refractivity contribution in [2.45, 2.75) is 20.3 Å². The lowest BCUT2D eigenvalue weighted by molar-refractivity contribution is 0.460. The molecule has 0 amide bonds. The van der Waals surface area contributed by atoms with Crippen LogP contribution in [0.5, 0.6) is 0 Å². The minimum absolute atomic E-state index is 0.535. The predicted molar refractivity (Wildman–Crippen MR) is 53.8 cm³/mol. The van der Waals surface area contributed by atoms with Gasteiger partial charge in [0.05, 0.1) is 0 Å². The average Bonchev–Trinajstić information content (AvgIpc) is 2.06. The normalized spacial score (nSPS) is 13.3. The monoisotopic (exact) mass is 161 g/mol. The van der Waals surface area contributed by atoms with Crippen LogP contribution in [0, 0.1) is 18.8 Å². The molecule has 0 bridgehead atoms. The van der Waals surface area contributed by atoms with Crippen LogP contribution in [0.25, 0.3) is 0 Å². The van der Waals surface area contributed by atoms with Gasteiger partial charge in [-0.15, -0.1) is 0 Å². The molecule has 65 valence electrons. The predicted octanol–water partition coefficient (Wildman–Crippen LogP) is 3.34. The smallest absolute Gasteiger partial charge is 0.0248 e. The van der Waals surface area contributed by atoms with Crippen molar-refractivity contribution in [2.75, 3.05) is 0 Å². The van der Waals surface area contributed by atoms with Crippen molar-refractivity contribution in [1.29, 1.82) is 0 Å². The second-order valence-corrected chi connectivity index (χ2v) is 3.69. The zero-order valence-electron chi connectivity index (χ0n) is 7.96. The Balaban J connectivity index is 2.53. The molecule has 1 aromatic carbocycles. The van der Waals surface area contributed by atoms with Crippen LogP contribution < -0.4 is 0 Å². The fourth-order valence-corrected chi connectivity index (χ4v) is 1.15.